The molecule has 0 spiro atoms. The summed E-state index contributed by atoms with van der Waals surface area (Å²) in [4.78, 5) is 23.2. The predicted octanol–water partition coefficient (Wildman–Crippen LogP) is -1.38. The zero-order valence-electron chi connectivity index (χ0n) is 10.8. The van der Waals surface area contributed by atoms with E-state index in [-0.39, 0.29) is 24.0 Å². The number of rotatable bonds is 3. The summed E-state index contributed by atoms with van der Waals surface area (Å²) in [7, 11) is 0. The molecule has 1 fully saturated rings. The van der Waals surface area contributed by atoms with E-state index in [4.69, 9.17) is 10.8 Å². The van der Waals surface area contributed by atoms with Crippen molar-refractivity contribution in [3.05, 3.63) is 22.1 Å². The maximum atomic E-state index is 11.7. The van der Waals surface area contributed by atoms with Gasteiger partial charge in [-0.3, -0.25) is 14.7 Å². The number of likely N-dealkylation sites (tertiary alicyclic amines) is 1. The van der Waals surface area contributed by atoms with Crippen LogP contribution in [0.1, 0.15) is 5.56 Å². The van der Waals surface area contributed by atoms with Crippen LogP contribution in [0.25, 0.3) is 11.0 Å². The Morgan fingerprint density at radius 2 is 2.30 bits per heavy atom. The second-order valence-corrected chi connectivity index (χ2v) is 5.19. The minimum absolute atomic E-state index is 0.0313. The van der Waals surface area contributed by atoms with Crippen molar-refractivity contribution in [3.8, 4) is 0 Å². The smallest absolute Gasteiger partial charge is 0.276 e. The molecule has 0 aromatic carbocycles. The van der Waals surface area contributed by atoms with E-state index >= 15 is 0 Å². The molecule has 0 bridgehead atoms. The van der Waals surface area contributed by atoms with E-state index < -0.39 is 6.10 Å². The third-order valence-corrected chi connectivity index (χ3v) is 3.74. The number of nitrogens with two attached hydrogens (primary N) is 1. The molecular weight excluding hydrogens is 262 g/mol. The molecule has 8 heteroatoms. The van der Waals surface area contributed by atoms with Gasteiger partial charge in [-0.15, -0.1) is 0 Å². The van der Waals surface area contributed by atoms with Crippen LogP contribution in [0.4, 0.5) is 5.95 Å². The molecule has 0 amide bonds. The number of nitrogens with one attached hydrogen (secondary N) is 2. The van der Waals surface area contributed by atoms with E-state index in [1.54, 1.807) is 6.20 Å². The maximum absolute atomic E-state index is 11.7. The number of anilines is 1. The number of hydrogen-bond acceptors (Lipinski definition) is 6. The van der Waals surface area contributed by atoms with Gasteiger partial charge in [0.1, 0.15) is 11.0 Å². The Labute approximate surface area is 114 Å². The SMILES string of the molecule is Nc1nc2c(CN3C[C@H](CO)[C@H](O)C3)c[nH]c2c(=O)[nH]1. The number of aliphatic hydroxyl groups excluding tert-OH is 2. The lowest BCUT2D eigenvalue weighted by molar-refractivity contribution is 0.103. The van der Waals surface area contributed by atoms with E-state index in [9.17, 15) is 9.90 Å². The Morgan fingerprint density at radius 3 is 3.00 bits per heavy atom. The highest BCUT2D eigenvalue weighted by Crippen LogP contribution is 2.21. The molecule has 20 heavy (non-hydrogen) atoms. The standard InChI is InChI=1S/C12H17N5O3/c13-12-15-9-6(1-14-10(9)11(20)16-12)2-17-3-7(5-18)8(19)4-17/h1,7-8,14,18-19H,2-5H2,(H3,13,15,16,20)/t7-,8-/m1/s1. The second kappa shape index (κ2) is 4.89. The average Bonchev–Trinajstić information content (AvgIpc) is 2.94. The molecular formula is C12H17N5O3. The van der Waals surface area contributed by atoms with Crippen LogP contribution in [0.3, 0.4) is 0 Å². The van der Waals surface area contributed by atoms with Gasteiger partial charge in [-0.25, -0.2) is 4.98 Å². The summed E-state index contributed by atoms with van der Waals surface area (Å²) in [5.74, 6) is -0.0420. The van der Waals surface area contributed by atoms with Crippen molar-refractivity contribution in [3.63, 3.8) is 0 Å². The van der Waals surface area contributed by atoms with E-state index in [0.29, 0.717) is 30.7 Å². The van der Waals surface area contributed by atoms with E-state index in [1.165, 1.54) is 0 Å². The van der Waals surface area contributed by atoms with E-state index in [0.717, 1.165) is 5.56 Å². The molecule has 0 radical (unpaired) electrons. The van der Waals surface area contributed by atoms with Gasteiger partial charge in [0.05, 0.1) is 6.10 Å². The molecule has 2 aromatic heterocycles. The predicted molar refractivity (Wildman–Crippen MR) is 73.0 cm³/mol. The van der Waals surface area contributed by atoms with Gasteiger partial charge in [0.15, 0.2) is 0 Å². The van der Waals surface area contributed by atoms with Crippen molar-refractivity contribution in [1.82, 2.24) is 19.9 Å². The quantitative estimate of drug-likeness (QED) is 0.470. The monoisotopic (exact) mass is 279 g/mol. The number of β-amino-alcohol motifs (C(OH)–C–C–N with tert-alkyl or cyclic N) is 1. The molecule has 1 aliphatic rings. The fraction of sp³-hybridized carbons (Fsp3) is 0.500. The first kappa shape index (κ1) is 13.1. The molecule has 108 valence electrons. The van der Waals surface area contributed by atoms with Gasteiger partial charge >= 0.3 is 0 Å². The van der Waals surface area contributed by atoms with Gasteiger partial charge in [0.2, 0.25) is 5.95 Å². The van der Waals surface area contributed by atoms with Crippen LogP contribution in [-0.4, -0.2) is 55.9 Å². The highest BCUT2D eigenvalue weighted by molar-refractivity contribution is 5.78. The molecule has 6 N–H and O–H groups in total. The molecule has 0 aliphatic carbocycles. The van der Waals surface area contributed by atoms with Crippen molar-refractivity contribution in [2.24, 2.45) is 5.92 Å². The van der Waals surface area contributed by atoms with Crippen LogP contribution in [-0.2, 0) is 6.54 Å². The van der Waals surface area contributed by atoms with Crippen LogP contribution in [0.2, 0.25) is 0 Å². The number of aromatic nitrogens is 3. The lowest BCUT2D eigenvalue weighted by Gasteiger charge is -2.14. The van der Waals surface area contributed by atoms with Crippen LogP contribution in [0.5, 0.6) is 0 Å². The largest absolute Gasteiger partial charge is 0.396 e. The summed E-state index contributed by atoms with van der Waals surface area (Å²) in [6.07, 6.45) is 1.21. The molecule has 8 nitrogen and oxygen atoms in total. The highest BCUT2D eigenvalue weighted by Gasteiger charge is 2.31. The molecule has 0 saturated carbocycles. The lowest BCUT2D eigenvalue weighted by Crippen LogP contribution is -2.21. The third kappa shape index (κ3) is 2.17. The molecule has 1 saturated heterocycles. The summed E-state index contributed by atoms with van der Waals surface area (Å²) in [6, 6.07) is 0. The minimum Gasteiger partial charge on any atom is -0.396 e. The summed E-state index contributed by atoms with van der Waals surface area (Å²) < 4.78 is 0. The van der Waals surface area contributed by atoms with E-state index in [2.05, 4.69) is 15.0 Å². The van der Waals surface area contributed by atoms with Crippen molar-refractivity contribution >= 4 is 17.0 Å². The topological polar surface area (TPSA) is 131 Å². The zero-order chi connectivity index (χ0) is 14.3. The van der Waals surface area contributed by atoms with Crippen molar-refractivity contribution < 1.29 is 10.2 Å². The van der Waals surface area contributed by atoms with Gasteiger partial charge in [-0.05, 0) is 0 Å². The van der Waals surface area contributed by atoms with Gasteiger partial charge < -0.3 is 20.9 Å². The first-order valence-corrected chi connectivity index (χ1v) is 6.45. The van der Waals surface area contributed by atoms with Gasteiger partial charge in [-0.2, -0.15) is 0 Å². The Kier molecular flexibility index (Phi) is 3.20. The fourth-order valence-electron chi connectivity index (χ4n) is 2.70. The number of hydrogen-bond donors (Lipinski definition) is 5. The lowest BCUT2D eigenvalue weighted by atomic mass is 10.1. The highest BCUT2D eigenvalue weighted by atomic mass is 16.3. The van der Waals surface area contributed by atoms with Gasteiger partial charge in [0, 0.05) is 43.9 Å². The first-order valence-electron chi connectivity index (χ1n) is 6.45. The average molecular weight is 279 g/mol. The molecule has 2 aromatic rings. The zero-order valence-corrected chi connectivity index (χ0v) is 10.8. The summed E-state index contributed by atoms with van der Waals surface area (Å²) in [5, 5.41) is 18.9. The van der Waals surface area contributed by atoms with E-state index in [1.807, 2.05) is 4.90 Å². The molecule has 0 unspecified atom stereocenters. The Morgan fingerprint density at radius 1 is 1.50 bits per heavy atom. The third-order valence-electron chi connectivity index (χ3n) is 3.74. The van der Waals surface area contributed by atoms with Crippen LogP contribution < -0.4 is 11.3 Å². The van der Waals surface area contributed by atoms with Crippen molar-refractivity contribution in [1.29, 1.82) is 0 Å². The summed E-state index contributed by atoms with van der Waals surface area (Å²) >= 11 is 0. The number of nitrogen functional groups attached to an aromatic ring is 1. The number of aliphatic hydroxyl groups is 2. The van der Waals surface area contributed by atoms with Gasteiger partial charge in [-0.1, -0.05) is 0 Å². The number of nitrogens with zero attached hydrogens (tertiary/aromatic N) is 2. The van der Waals surface area contributed by atoms with Crippen LogP contribution in [0, 0.1) is 5.92 Å². The van der Waals surface area contributed by atoms with Crippen LogP contribution in [0.15, 0.2) is 11.0 Å². The van der Waals surface area contributed by atoms with Crippen molar-refractivity contribution in [2.45, 2.75) is 12.6 Å². The maximum Gasteiger partial charge on any atom is 0.276 e. The molecule has 3 rings (SSSR count). The number of fused-ring (bicyclic) bond motifs is 1. The molecule has 3 heterocycles. The summed E-state index contributed by atoms with van der Waals surface area (Å²) in [6.45, 7) is 1.62. The Bertz CT molecular complexity index is 679. The molecule has 2 atom stereocenters. The fourth-order valence-corrected chi connectivity index (χ4v) is 2.70. The molecule has 1 aliphatic heterocycles. The minimum atomic E-state index is -0.522. The number of aromatic amines is 2. The Balaban J connectivity index is 1.87. The van der Waals surface area contributed by atoms with Crippen LogP contribution >= 0.6 is 0 Å². The number of H-pyrrole nitrogens is 2. The normalized spacial score (nSPS) is 23.7. The first-order chi connectivity index (χ1) is 9.58. The Hall–Kier alpha value is -1.90. The van der Waals surface area contributed by atoms with Crippen molar-refractivity contribution in [2.75, 3.05) is 25.4 Å². The summed E-state index contributed by atoms with van der Waals surface area (Å²) in [5.41, 5.74) is 7.06. The second-order valence-electron chi connectivity index (χ2n) is 5.19. The van der Waals surface area contributed by atoms with Gasteiger partial charge in [0.25, 0.3) is 5.56 Å².